The maximum Gasteiger partial charge on any atom is 0.248 e. The van der Waals surface area contributed by atoms with Gasteiger partial charge in [0, 0.05) is 23.0 Å². The number of rotatable bonds is 4. The first-order chi connectivity index (χ1) is 9.49. The van der Waals surface area contributed by atoms with Crippen molar-refractivity contribution in [3.63, 3.8) is 0 Å². The predicted molar refractivity (Wildman–Crippen MR) is 75.9 cm³/mol. The van der Waals surface area contributed by atoms with Gasteiger partial charge in [-0.3, -0.25) is 9.78 Å². The zero-order valence-corrected chi connectivity index (χ0v) is 11.4. The summed E-state index contributed by atoms with van der Waals surface area (Å²) in [5.74, 6) is -1.12. The molecule has 0 radical (unpaired) electrons. The normalized spacial score (nSPS) is 11.9. The second kappa shape index (κ2) is 5.69. The van der Waals surface area contributed by atoms with Crippen LogP contribution >= 0.6 is 0 Å². The molecule has 5 heteroatoms. The average molecular weight is 273 g/mol. The summed E-state index contributed by atoms with van der Waals surface area (Å²) in [6.45, 7) is 3.56. The van der Waals surface area contributed by atoms with E-state index in [9.17, 15) is 9.18 Å². The molecule has 104 valence electrons. The molecule has 0 aliphatic heterocycles. The summed E-state index contributed by atoms with van der Waals surface area (Å²) in [4.78, 5) is 15.4. The number of primary amides is 1. The van der Waals surface area contributed by atoms with E-state index >= 15 is 0 Å². The van der Waals surface area contributed by atoms with Crippen molar-refractivity contribution in [3.8, 4) is 0 Å². The zero-order chi connectivity index (χ0) is 14.7. The van der Waals surface area contributed by atoms with Gasteiger partial charge < -0.3 is 11.1 Å². The van der Waals surface area contributed by atoms with Crippen molar-refractivity contribution < 1.29 is 9.18 Å². The van der Waals surface area contributed by atoms with Crippen LogP contribution in [-0.2, 0) is 0 Å². The SMILES string of the molecule is Cc1c(F)cc(C(N)=O)cc1NC(C)c1ccccn1. The lowest BCUT2D eigenvalue weighted by Gasteiger charge is -2.17. The van der Waals surface area contributed by atoms with Crippen LogP contribution in [0.3, 0.4) is 0 Å². The van der Waals surface area contributed by atoms with E-state index in [1.807, 2.05) is 25.1 Å². The zero-order valence-electron chi connectivity index (χ0n) is 11.4. The number of hydrogen-bond donors (Lipinski definition) is 2. The maximum atomic E-state index is 13.8. The number of nitrogens with zero attached hydrogens (tertiary/aromatic N) is 1. The first-order valence-electron chi connectivity index (χ1n) is 6.26. The monoisotopic (exact) mass is 273 g/mol. The highest BCUT2D eigenvalue weighted by molar-refractivity contribution is 5.94. The maximum absolute atomic E-state index is 13.8. The number of benzene rings is 1. The number of carbonyl (C=O) groups is 1. The first kappa shape index (κ1) is 14.0. The Hall–Kier alpha value is -2.43. The van der Waals surface area contributed by atoms with E-state index in [1.165, 1.54) is 0 Å². The van der Waals surface area contributed by atoms with Gasteiger partial charge in [0.2, 0.25) is 5.91 Å². The molecule has 1 amide bonds. The van der Waals surface area contributed by atoms with Crippen LogP contribution in [-0.4, -0.2) is 10.9 Å². The largest absolute Gasteiger partial charge is 0.377 e. The molecule has 20 heavy (non-hydrogen) atoms. The Morgan fingerprint density at radius 2 is 2.15 bits per heavy atom. The fourth-order valence-corrected chi connectivity index (χ4v) is 1.91. The van der Waals surface area contributed by atoms with Crippen molar-refractivity contribution in [2.75, 3.05) is 5.32 Å². The highest BCUT2D eigenvalue weighted by Crippen LogP contribution is 2.24. The summed E-state index contributed by atoms with van der Waals surface area (Å²) in [6.07, 6.45) is 1.70. The quantitative estimate of drug-likeness (QED) is 0.900. The van der Waals surface area contributed by atoms with Gasteiger partial charge >= 0.3 is 0 Å². The van der Waals surface area contributed by atoms with Crippen LogP contribution in [0.25, 0.3) is 0 Å². The Kier molecular flexibility index (Phi) is 3.98. The Morgan fingerprint density at radius 1 is 1.40 bits per heavy atom. The molecule has 0 spiro atoms. The van der Waals surface area contributed by atoms with Gasteiger partial charge in [-0.15, -0.1) is 0 Å². The van der Waals surface area contributed by atoms with E-state index in [1.54, 1.807) is 19.2 Å². The second-order valence-corrected chi connectivity index (χ2v) is 4.62. The smallest absolute Gasteiger partial charge is 0.248 e. The predicted octanol–water partition coefficient (Wildman–Crippen LogP) is 2.80. The lowest BCUT2D eigenvalue weighted by Crippen LogP contribution is -2.14. The van der Waals surface area contributed by atoms with Crippen molar-refractivity contribution in [1.29, 1.82) is 0 Å². The fourth-order valence-electron chi connectivity index (χ4n) is 1.91. The molecule has 0 saturated carbocycles. The number of amides is 1. The first-order valence-corrected chi connectivity index (χ1v) is 6.26. The van der Waals surface area contributed by atoms with Crippen LogP contribution in [0.1, 0.15) is 34.6 Å². The van der Waals surface area contributed by atoms with Gasteiger partial charge in [0.15, 0.2) is 0 Å². The Bertz CT molecular complexity index is 629. The van der Waals surface area contributed by atoms with Gasteiger partial charge in [-0.05, 0) is 38.1 Å². The summed E-state index contributed by atoms with van der Waals surface area (Å²) < 4.78 is 13.8. The third-order valence-electron chi connectivity index (χ3n) is 3.13. The fraction of sp³-hybridized carbons (Fsp3) is 0.200. The second-order valence-electron chi connectivity index (χ2n) is 4.62. The van der Waals surface area contributed by atoms with E-state index in [2.05, 4.69) is 10.3 Å². The van der Waals surface area contributed by atoms with Crippen molar-refractivity contribution in [2.45, 2.75) is 19.9 Å². The molecule has 3 N–H and O–H groups in total. The molecule has 1 aromatic carbocycles. The van der Waals surface area contributed by atoms with Crippen molar-refractivity contribution in [1.82, 2.24) is 4.98 Å². The Labute approximate surface area is 116 Å². The number of nitrogens with two attached hydrogens (primary N) is 1. The number of aromatic nitrogens is 1. The number of hydrogen-bond acceptors (Lipinski definition) is 3. The molecule has 0 bridgehead atoms. The van der Waals surface area contributed by atoms with Crippen LogP contribution in [0.2, 0.25) is 0 Å². The molecule has 0 saturated heterocycles. The molecule has 0 aliphatic rings. The molecule has 4 nitrogen and oxygen atoms in total. The molecule has 0 aliphatic carbocycles. The summed E-state index contributed by atoms with van der Waals surface area (Å²) in [6, 6.07) is 8.18. The summed E-state index contributed by atoms with van der Waals surface area (Å²) in [7, 11) is 0. The van der Waals surface area contributed by atoms with Gasteiger partial charge in [0.05, 0.1) is 11.7 Å². The van der Waals surface area contributed by atoms with Crippen LogP contribution < -0.4 is 11.1 Å². The standard InChI is InChI=1S/C15H16FN3O/c1-9-12(16)7-11(15(17)20)8-14(9)19-10(2)13-5-3-4-6-18-13/h3-8,10,19H,1-2H3,(H2,17,20). The molecule has 1 unspecified atom stereocenters. The van der Waals surface area contributed by atoms with Crippen molar-refractivity contribution in [3.05, 3.63) is 59.2 Å². The van der Waals surface area contributed by atoms with E-state index in [0.717, 1.165) is 11.8 Å². The van der Waals surface area contributed by atoms with Crippen LogP contribution in [0.5, 0.6) is 0 Å². The van der Waals surface area contributed by atoms with Gasteiger partial charge in [-0.2, -0.15) is 0 Å². The molecular formula is C15H16FN3O. The number of nitrogens with one attached hydrogen (secondary N) is 1. The lowest BCUT2D eigenvalue weighted by molar-refractivity contribution is 0.1000. The molecule has 2 aromatic rings. The van der Waals surface area contributed by atoms with Crippen molar-refractivity contribution >= 4 is 11.6 Å². The third-order valence-corrected chi connectivity index (χ3v) is 3.13. The number of halogens is 1. The Morgan fingerprint density at radius 3 is 2.75 bits per heavy atom. The molecule has 1 aromatic heterocycles. The minimum atomic E-state index is -0.655. The van der Waals surface area contributed by atoms with Crippen LogP contribution in [0.15, 0.2) is 36.5 Å². The topological polar surface area (TPSA) is 68.0 Å². The van der Waals surface area contributed by atoms with E-state index in [4.69, 9.17) is 5.73 Å². The molecule has 1 heterocycles. The average Bonchev–Trinajstić information content (AvgIpc) is 2.44. The third kappa shape index (κ3) is 2.93. The van der Waals surface area contributed by atoms with Crippen molar-refractivity contribution in [2.24, 2.45) is 5.73 Å². The number of carbonyl (C=O) groups excluding carboxylic acids is 1. The Balaban J connectivity index is 2.31. The van der Waals surface area contributed by atoms with Gasteiger partial charge in [0.1, 0.15) is 5.82 Å². The van der Waals surface area contributed by atoms with Gasteiger partial charge in [-0.25, -0.2) is 4.39 Å². The molecule has 2 rings (SSSR count). The van der Waals surface area contributed by atoms with E-state index in [-0.39, 0.29) is 11.6 Å². The minimum absolute atomic E-state index is 0.113. The van der Waals surface area contributed by atoms with Gasteiger partial charge in [-0.1, -0.05) is 6.07 Å². The minimum Gasteiger partial charge on any atom is -0.377 e. The lowest BCUT2D eigenvalue weighted by atomic mass is 10.1. The summed E-state index contributed by atoms with van der Waals surface area (Å²) in [5.41, 5.74) is 7.15. The van der Waals surface area contributed by atoms with E-state index in [0.29, 0.717) is 11.3 Å². The van der Waals surface area contributed by atoms with E-state index < -0.39 is 11.7 Å². The molecule has 0 fully saturated rings. The number of pyridine rings is 1. The highest BCUT2D eigenvalue weighted by atomic mass is 19.1. The molecular weight excluding hydrogens is 257 g/mol. The summed E-state index contributed by atoms with van der Waals surface area (Å²) in [5, 5.41) is 3.15. The highest BCUT2D eigenvalue weighted by Gasteiger charge is 2.13. The van der Waals surface area contributed by atoms with Crippen LogP contribution in [0.4, 0.5) is 10.1 Å². The van der Waals surface area contributed by atoms with Gasteiger partial charge in [0.25, 0.3) is 0 Å². The summed E-state index contributed by atoms with van der Waals surface area (Å²) >= 11 is 0. The number of anilines is 1. The van der Waals surface area contributed by atoms with Crippen LogP contribution in [0, 0.1) is 12.7 Å². The molecule has 1 atom stereocenters.